The second kappa shape index (κ2) is 4.45. The Kier molecular flexibility index (Phi) is 3.00. The summed E-state index contributed by atoms with van der Waals surface area (Å²) >= 11 is 0. The van der Waals surface area contributed by atoms with Gasteiger partial charge in [0.1, 0.15) is 5.75 Å². The van der Waals surface area contributed by atoms with Crippen molar-refractivity contribution in [2.24, 2.45) is 0 Å². The lowest BCUT2D eigenvalue weighted by Crippen LogP contribution is -1.93. The molecule has 0 aromatic heterocycles. The molecule has 0 saturated carbocycles. The van der Waals surface area contributed by atoms with E-state index in [1.54, 1.807) is 30.3 Å². The normalized spacial score (nSPS) is 10.3. The number of hydrogen-bond acceptors (Lipinski definition) is 2. The van der Waals surface area contributed by atoms with E-state index in [1.807, 2.05) is 13.8 Å². The maximum absolute atomic E-state index is 13.5. The molecule has 0 fully saturated rings. The van der Waals surface area contributed by atoms with Crippen LogP contribution in [0.15, 0.2) is 36.4 Å². The van der Waals surface area contributed by atoms with Crippen LogP contribution in [0.25, 0.3) is 0 Å². The molecular weight excluding hydrogens is 217 g/mol. The van der Waals surface area contributed by atoms with Crippen LogP contribution in [0.2, 0.25) is 0 Å². The van der Waals surface area contributed by atoms with E-state index < -0.39 is 0 Å². The molecule has 0 aliphatic heterocycles. The Morgan fingerprint density at radius 2 is 1.76 bits per heavy atom. The lowest BCUT2D eigenvalue weighted by Gasteiger charge is -2.10. The molecule has 2 nitrogen and oxygen atoms in total. The first-order chi connectivity index (χ1) is 8.06. The lowest BCUT2D eigenvalue weighted by atomic mass is 10.2. The first-order valence-corrected chi connectivity index (χ1v) is 5.36. The van der Waals surface area contributed by atoms with Crippen molar-refractivity contribution in [3.8, 4) is 11.5 Å². The second-order valence-corrected chi connectivity index (χ2v) is 4.06. The van der Waals surface area contributed by atoms with Crippen molar-refractivity contribution < 1.29 is 9.13 Å². The van der Waals surface area contributed by atoms with Gasteiger partial charge in [0.15, 0.2) is 11.6 Å². The third-order valence-electron chi connectivity index (χ3n) is 2.51. The summed E-state index contributed by atoms with van der Waals surface area (Å²) in [6.07, 6.45) is 0. The summed E-state index contributed by atoms with van der Waals surface area (Å²) in [5.74, 6) is 0.480. The Morgan fingerprint density at radius 1 is 1.00 bits per heavy atom. The van der Waals surface area contributed by atoms with E-state index in [0.717, 1.165) is 11.1 Å². The zero-order valence-corrected chi connectivity index (χ0v) is 9.83. The lowest BCUT2D eigenvalue weighted by molar-refractivity contribution is 0.439. The predicted molar refractivity (Wildman–Crippen MR) is 66.8 cm³/mol. The summed E-state index contributed by atoms with van der Waals surface area (Å²) in [6.45, 7) is 3.77. The van der Waals surface area contributed by atoms with Gasteiger partial charge in [-0.15, -0.1) is 0 Å². The summed E-state index contributed by atoms with van der Waals surface area (Å²) in [7, 11) is 0. The number of aryl methyl sites for hydroxylation is 2. The Hall–Kier alpha value is -2.03. The fourth-order valence-electron chi connectivity index (χ4n) is 1.59. The van der Waals surface area contributed by atoms with Crippen LogP contribution in [-0.2, 0) is 0 Å². The molecule has 88 valence electrons. The Balaban J connectivity index is 2.34. The van der Waals surface area contributed by atoms with Crippen molar-refractivity contribution >= 4 is 5.69 Å². The van der Waals surface area contributed by atoms with E-state index in [1.165, 1.54) is 6.07 Å². The monoisotopic (exact) mass is 231 g/mol. The highest BCUT2D eigenvalue weighted by atomic mass is 19.1. The second-order valence-electron chi connectivity index (χ2n) is 4.06. The van der Waals surface area contributed by atoms with Gasteiger partial charge in [-0.25, -0.2) is 4.39 Å². The average molecular weight is 231 g/mol. The van der Waals surface area contributed by atoms with Gasteiger partial charge in [-0.2, -0.15) is 0 Å². The molecule has 0 saturated heterocycles. The number of nitrogens with two attached hydrogens (primary N) is 1. The van der Waals surface area contributed by atoms with Crippen LogP contribution in [0.4, 0.5) is 10.1 Å². The van der Waals surface area contributed by atoms with Crippen molar-refractivity contribution in [2.45, 2.75) is 13.8 Å². The number of benzene rings is 2. The Morgan fingerprint density at radius 3 is 2.47 bits per heavy atom. The van der Waals surface area contributed by atoms with Crippen LogP contribution in [0, 0.1) is 19.7 Å². The minimum absolute atomic E-state index is 0.234. The Labute approximate surface area is 99.8 Å². The number of ether oxygens (including phenoxy) is 1. The van der Waals surface area contributed by atoms with Crippen LogP contribution in [0.5, 0.6) is 11.5 Å². The zero-order valence-electron chi connectivity index (χ0n) is 9.83. The molecule has 17 heavy (non-hydrogen) atoms. The molecule has 0 atom stereocenters. The van der Waals surface area contributed by atoms with Gasteiger partial charge in [0.25, 0.3) is 0 Å². The number of rotatable bonds is 2. The topological polar surface area (TPSA) is 35.2 Å². The predicted octanol–water partition coefficient (Wildman–Crippen LogP) is 3.82. The molecule has 0 aliphatic rings. The van der Waals surface area contributed by atoms with Crippen molar-refractivity contribution in [3.63, 3.8) is 0 Å². The highest BCUT2D eigenvalue weighted by Crippen LogP contribution is 2.28. The molecule has 0 bridgehead atoms. The van der Waals surface area contributed by atoms with Crippen LogP contribution in [0.3, 0.4) is 0 Å². The molecule has 0 radical (unpaired) electrons. The maximum Gasteiger partial charge on any atom is 0.165 e. The van der Waals surface area contributed by atoms with Gasteiger partial charge >= 0.3 is 0 Å². The van der Waals surface area contributed by atoms with E-state index in [-0.39, 0.29) is 11.6 Å². The van der Waals surface area contributed by atoms with E-state index in [2.05, 4.69) is 0 Å². The van der Waals surface area contributed by atoms with Crippen molar-refractivity contribution in [2.75, 3.05) is 5.73 Å². The third kappa shape index (κ3) is 2.56. The number of anilines is 1. The largest absolute Gasteiger partial charge is 0.454 e. The van der Waals surface area contributed by atoms with E-state index in [4.69, 9.17) is 10.5 Å². The molecule has 2 N–H and O–H groups in total. The van der Waals surface area contributed by atoms with E-state index in [0.29, 0.717) is 11.4 Å². The molecule has 2 aromatic carbocycles. The minimum Gasteiger partial charge on any atom is -0.454 e. The molecule has 2 rings (SSSR count). The highest BCUT2D eigenvalue weighted by Gasteiger charge is 2.07. The van der Waals surface area contributed by atoms with Gasteiger partial charge < -0.3 is 10.5 Å². The van der Waals surface area contributed by atoms with Crippen LogP contribution < -0.4 is 10.5 Å². The number of hydrogen-bond donors (Lipinski definition) is 1. The highest BCUT2D eigenvalue weighted by molar-refractivity contribution is 5.48. The minimum atomic E-state index is -0.369. The first kappa shape index (κ1) is 11.5. The van der Waals surface area contributed by atoms with Gasteiger partial charge in [-0.05, 0) is 55.3 Å². The fraction of sp³-hybridized carbons (Fsp3) is 0.143. The van der Waals surface area contributed by atoms with Gasteiger partial charge in [0, 0.05) is 5.69 Å². The number of halogens is 1. The van der Waals surface area contributed by atoms with Crippen molar-refractivity contribution in [1.29, 1.82) is 0 Å². The van der Waals surface area contributed by atoms with Gasteiger partial charge in [-0.1, -0.05) is 6.07 Å². The molecule has 2 aromatic rings. The molecular formula is C14H14FNO. The van der Waals surface area contributed by atoms with E-state index in [9.17, 15) is 4.39 Å². The maximum atomic E-state index is 13.5. The molecule has 3 heteroatoms. The summed E-state index contributed by atoms with van der Waals surface area (Å²) in [5.41, 5.74) is 8.15. The zero-order chi connectivity index (χ0) is 12.4. The first-order valence-electron chi connectivity index (χ1n) is 5.36. The average Bonchev–Trinajstić information content (AvgIpc) is 2.27. The molecule has 0 aliphatic carbocycles. The van der Waals surface area contributed by atoms with Crippen LogP contribution in [0.1, 0.15) is 11.1 Å². The standard InChI is InChI=1S/C14H14FNO/c1-9-3-5-12(15)14(7-9)17-13-6-4-11(16)8-10(13)2/h3-8H,16H2,1-2H3. The molecule has 0 spiro atoms. The summed E-state index contributed by atoms with van der Waals surface area (Å²) in [4.78, 5) is 0. The smallest absolute Gasteiger partial charge is 0.165 e. The molecule has 0 unspecified atom stereocenters. The molecule has 0 heterocycles. The van der Waals surface area contributed by atoms with Gasteiger partial charge in [0.2, 0.25) is 0 Å². The molecule has 0 amide bonds. The fourth-order valence-corrected chi connectivity index (χ4v) is 1.59. The van der Waals surface area contributed by atoms with E-state index >= 15 is 0 Å². The number of nitrogen functional groups attached to an aromatic ring is 1. The van der Waals surface area contributed by atoms with Crippen molar-refractivity contribution in [1.82, 2.24) is 0 Å². The van der Waals surface area contributed by atoms with Gasteiger partial charge in [-0.3, -0.25) is 0 Å². The third-order valence-corrected chi connectivity index (χ3v) is 2.51. The quantitative estimate of drug-likeness (QED) is 0.797. The Bertz CT molecular complexity index is 552. The van der Waals surface area contributed by atoms with Crippen molar-refractivity contribution in [3.05, 3.63) is 53.3 Å². The SMILES string of the molecule is Cc1ccc(F)c(Oc2ccc(N)cc2C)c1. The van der Waals surface area contributed by atoms with Crippen LogP contribution >= 0.6 is 0 Å². The summed E-state index contributed by atoms with van der Waals surface area (Å²) < 4.78 is 19.1. The van der Waals surface area contributed by atoms with Crippen LogP contribution in [-0.4, -0.2) is 0 Å². The summed E-state index contributed by atoms with van der Waals surface area (Å²) in [5, 5.41) is 0. The summed E-state index contributed by atoms with van der Waals surface area (Å²) in [6, 6.07) is 10.0. The van der Waals surface area contributed by atoms with Gasteiger partial charge in [0.05, 0.1) is 0 Å².